The fourth-order valence-electron chi connectivity index (χ4n) is 4.47. The van der Waals surface area contributed by atoms with Crippen molar-refractivity contribution in [3.63, 3.8) is 0 Å². The number of hydrogen-bond donors (Lipinski definition) is 1. The monoisotopic (exact) mass is 436 g/mol. The zero-order valence-electron chi connectivity index (χ0n) is 18.5. The zero-order chi connectivity index (χ0) is 22.7. The van der Waals surface area contributed by atoms with Crippen molar-refractivity contribution in [3.05, 3.63) is 77.2 Å². The van der Waals surface area contributed by atoms with Gasteiger partial charge in [0.25, 0.3) is 0 Å². The van der Waals surface area contributed by atoms with Gasteiger partial charge in [-0.3, -0.25) is 9.48 Å². The van der Waals surface area contributed by atoms with Gasteiger partial charge in [0.2, 0.25) is 0 Å². The Morgan fingerprint density at radius 3 is 2.53 bits per heavy atom. The molecule has 2 aromatic carbocycles. The molecule has 0 bridgehead atoms. The minimum Gasteiger partial charge on any atom is -0.462 e. The van der Waals surface area contributed by atoms with Crippen molar-refractivity contribution >= 4 is 5.97 Å². The number of cyclic esters (lactones) is 1. The Morgan fingerprint density at radius 2 is 1.88 bits per heavy atom. The van der Waals surface area contributed by atoms with E-state index in [-0.39, 0.29) is 30.2 Å². The molecule has 5 nitrogen and oxygen atoms in total. The Balaban J connectivity index is 1.70. The van der Waals surface area contributed by atoms with E-state index in [1.54, 1.807) is 12.1 Å². The number of aliphatic hydroxyl groups excluding tert-OH is 1. The van der Waals surface area contributed by atoms with Gasteiger partial charge in [0, 0.05) is 23.2 Å². The van der Waals surface area contributed by atoms with E-state index in [0.29, 0.717) is 25.8 Å². The molecule has 0 amide bonds. The molecule has 6 heteroatoms. The summed E-state index contributed by atoms with van der Waals surface area (Å²) < 4.78 is 21.1. The van der Waals surface area contributed by atoms with E-state index in [9.17, 15) is 14.3 Å². The van der Waals surface area contributed by atoms with Crippen molar-refractivity contribution < 1.29 is 19.0 Å². The van der Waals surface area contributed by atoms with Crippen LogP contribution in [0.2, 0.25) is 0 Å². The van der Waals surface area contributed by atoms with Gasteiger partial charge in [-0.25, -0.2) is 4.39 Å². The molecule has 2 atom stereocenters. The van der Waals surface area contributed by atoms with Crippen LogP contribution >= 0.6 is 0 Å². The van der Waals surface area contributed by atoms with Crippen LogP contribution in [-0.2, 0) is 22.5 Å². The molecule has 1 N–H and O–H groups in total. The highest BCUT2D eigenvalue weighted by Crippen LogP contribution is 2.33. The van der Waals surface area contributed by atoms with Crippen molar-refractivity contribution in [1.29, 1.82) is 0 Å². The summed E-state index contributed by atoms with van der Waals surface area (Å²) in [4.78, 5) is 11.8. The average molecular weight is 437 g/mol. The molecular formula is C26H29FN2O3. The number of carbonyl (C=O) groups is 1. The molecule has 2 heterocycles. The van der Waals surface area contributed by atoms with Gasteiger partial charge >= 0.3 is 5.97 Å². The Kier molecular flexibility index (Phi) is 6.70. The van der Waals surface area contributed by atoms with Gasteiger partial charge in [-0.1, -0.05) is 44.2 Å². The summed E-state index contributed by atoms with van der Waals surface area (Å²) >= 11 is 0. The fourth-order valence-corrected chi connectivity index (χ4v) is 4.47. The van der Waals surface area contributed by atoms with E-state index in [4.69, 9.17) is 9.84 Å². The third-order valence-corrected chi connectivity index (χ3v) is 5.89. The molecule has 4 rings (SSSR count). The fraction of sp³-hybridized carbons (Fsp3) is 0.385. The number of benzene rings is 2. The van der Waals surface area contributed by atoms with Gasteiger partial charge in [-0.2, -0.15) is 5.10 Å². The van der Waals surface area contributed by atoms with Gasteiger partial charge in [0.1, 0.15) is 11.9 Å². The Bertz CT molecular complexity index is 1060. The quantitative estimate of drug-likeness (QED) is 0.537. The second-order valence-electron chi connectivity index (χ2n) is 8.76. The number of halogens is 1. The molecule has 0 spiro atoms. The van der Waals surface area contributed by atoms with Crippen LogP contribution in [-0.4, -0.2) is 33.1 Å². The summed E-state index contributed by atoms with van der Waals surface area (Å²) in [6.07, 6.45) is 0.803. The summed E-state index contributed by atoms with van der Waals surface area (Å²) in [6, 6.07) is 16.6. The lowest BCUT2D eigenvalue weighted by Crippen LogP contribution is -2.32. The number of carbonyl (C=O) groups excluding carboxylic acids is 1. The van der Waals surface area contributed by atoms with Crippen LogP contribution < -0.4 is 0 Å². The summed E-state index contributed by atoms with van der Waals surface area (Å²) in [7, 11) is 0. The number of aromatic nitrogens is 2. The molecule has 32 heavy (non-hydrogen) atoms. The normalized spacial score (nSPS) is 18.7. The molecule has 3 aromatic rings. The van der Waals surface area contributed by atoms with Gasteiger partial charge < -0.3 is 9.84 Å². The minimum atomic E-state index is -0.650. The maximum absolute atomic E-state index is 13.6. The molecular weight excluding hydrogens is 407 g/mol. The Morgan fingerprint density at radius 1 is 1.16 bits per heavy atom. The zero-order valence-corrected chi connectivity index (χ0v) is 18.5. The largest absolute Gasteiger partial charge is 0.462 e. The van der Waals surface area contributed by atoms with Gasteiger partial charge in [0.15, 0.2) is 0 Å². The molecule has 1 aromatic heterocycles. The molecule has 1 fully saturated rings. The lowest BCUT2D eigenvalue weighted by Gasteiger charge is -2.26. The smallest absolute Gasteiger partial charge is 0.308 e. The third-order valence-electron chi connectivity index (χ3n) is 5.89. The second-order valence-corrected chi connectivity index (χ2v) is 8.76. The standard InChI is InChI=1S/C26H29FN2O3/c1-17(2)26-23(13-12-22-14-21(30)15-24(31)32-22)25(19-8-10-20(27)11-9-19)28-29(26)16-18-6-4-3-5-7-18/h3-11,17,21-22,30H,12-16H2,1-2H3/t21-,22-/m1/s1. The van der Waals surface area contributed by atoms with Gasteiger partial charge in [-0.15, -0.1) is 0 Å². The summed E-state index contributed by atoms with van der Waals surface area (Å²) in [5, 5.41) is 14.9. The summed E-state index contributed by atoms with van der Waals surface area (Å²) in [5.74, 6) is -0.419. The van der Waals surface area contributed by atoms with Crippen LogP contribution in [0.25, 0.3) is 11.3 Å². The van der Waals surface area contributed by atoms with E-state index in [2.05, 4.69) is 26.0 Å². The first-order valence-electron chi connectivity index (χ1n) is 11.2. The number of aliphatic hydroxyl groups is 1. The maximum Gasteiger partial charge on any atom is 0.308 e. The number of esters is 1. The van der Waals surface area contributed by atoms with Crippen LogP contribution in [0.5, 0.6) is 0 Å². The average Bonchev–Trinajstić information content (AvgIpc) is 3.11. The van der Waals surface area contributed by atoms with Crippen molar-refractivity contribution in [2.24, 2.45) is 0 Å². The lowest BCUT2D eigenvalue weighted by atomic mass is 9.93. The topological polar surface area (TPSA) is 64.3 Å². The highest BCUT2D eigenvalue weighted by Gasteiger charge is 2.29. The minimum absolute atomic E-state index is 0.0591. The number of nitrogens with zero attached hydrogens (tertiary/aromatic N) is 2. The molecule has 0 radical (unpaired) electrons. The van der Waals surface area contributed by atoms with E-state index in [1.807, 2.05) is 22.9 Å². The van der Waals surface area contributed by atoms with Gasteiger partial charge in [-0.05, 0) is 48.6 Å². The molecule has 1 aliphatic heterocycles. The van der Waals surface area contributed by atoms with Crippen molar-refractivity contribution in [2.75, 3.05) is 0 Å². The highest BCUT2D eigenvalue weighted by atomic mass is 19.1. The molecule has 0 saturated carbocycles. The highest BCUT2D eigenvalue weighted by molar-refractivity contribution is 5.71. The predicted octanol–water partition coefficient (Wildman–Crippen LogP) is 4.86. The molecule has 0 aliphatic carbocycles. The van der Waals surface area contributed by atoms with Crippen molar-refractivity contribution in [2.45, 2.75) is 64.2 Å². The van der Waals surface area contributed by atoms with E-state index in [1.165, 1.54) is 12.1 Å². The summed E-state index contributed by atoms with van der Waals surface area (Å²) in [5.41, 5.74) is 5.04. The molecule has 1 saturated heterocycles. The van der Waals surface area contributed by atoms with Crippen molar-refractivity contribution in [1.82, 2.24) is 9.78 Å². The second kappa shape index (κ2) is 9.65. The molecule has 168 valence electrons. The molecule has 0 unspecified atom stereocenters. The predicted molar refractivity (Wildman–Crippen MR) is 121 cm³/mol. The lowest BCUT2D eigenvalue weighted by molar-refractivity contribution is -0.160. The van der Waals surface area contributed by atoms with Crippen LogP contribution in [0.3, 0.4) is 0 Å². The number of rotatable bonds is 7. The van der Waals surface area contributed by atoms with E-state index < -0.39 is 6.10 Å². The molecule has 1 aliphatic rings. The van der Waals surface area contributed by atoms with Crippen LogP contribution in [0.15, 0.2) is 54.6 Å². The number of hydrogen-bond acceptors (Lipinski definition) is 4. The summed E-state index contributed by atoms with van der Waals surface area (Å²) in [6.45, 7) is 4.92. The Labute approximate surface area is 187 Å². The SMILES string of the molecule is CC(C)c1c(CC[C@@H]2C[C@@H](O)CC(=O)O2)c(-c2ccc(F)cc2)nn1Cc1ccccc1. The first-order chi connectivity index (χ1) is 15.4. The van der Waals surface area contributed by atoms with Crippen molar-refractivity contribution in [3.8, 4) is 11.3 Å². The first kappa shape index (κ1) is 22.2. The maximum atomic E-state index is 13.6. The van der Waals surface area contributed by atoms with Crippen LogP contribution in [0.4, 0.5) is 4.39 Å². The van der Waals surface area contributed by atoms with E-state index >= 15 is 0 Å². The van der Waals surface area contributed by atoms with E-state index in [0.717, 1.165) is 28.1 Å². The first-order valence-corrected chi connectivity index (χ1v) is 11.2. The number of ether oxygens (including phenoxy) is 1. The van der Waals surface area contributed by atoms with Crippen LogP contribution in [0, 0.1) is 5.82 Å². The Hall–Kier alpha value is -2.99. The van der Waals surface area contributed by atoms with Crippen LogP contribution in [0.1, 0.15) is 55.8 Å². The van der Waals surface area contributed by atoms with Gasteiger partial charge in [0.05, 0.1) is 24.8 Å². The third kappa shape index (κ3) is 5.07.